The average molecular weight is 417 g/mol. The van der Waals surface area contributed by atoms with E-state index in [9.17, 15) is 14.4 Å². The van der Waals surface area contributed by atoms with Crippen LogP contribution < -0.4 is 0 Å². The number of ether oxygens (including phenoxy) is 3. The fourth-order valence-electron chi connectivity index (χ4n) is 2.80. The summed E-state index contributed by atoms with van der Waals surface area (Å²) < 4.78 is 15.3. The third-order valence-electron chi connectivity index (χ3n) is 4.49. The second kappa shape index (κ2) is 21.1. The zero-order chi connectivity index (χ0) is 21.6. The fraction of sp³-hybridized carbons (Fsp3) is 0.864. The second-order valence-electron chi connectivity index (χ2n) is 7.23. The SMILES string of the molecule is CCCCCCCCCCCC(=O)OCCOCCOC(=O)CCCCC(=O)O. The Bertz CT molecular complexity index is 423. The summed E-state index contributed by atoms with van der Waals surface area (Å²) in [4.78, 5) is 33.4. The Morgan fingerprint density at radius 2 is 1.00 bits per heavy atom. The Hall–Kier alpha value is -1.63. The second-order valence-corrected chi connectivity index (χ2v) is 7.23. The van der Waals surface area contributed by atoms with E-state index in [-0.39, 0.29) is 51.2 Å². The van der Waals surface area contributed by atoms with Crippen molar-refractivity contribution in [2.45, 2.75) is 96.8 Å². The van der Waals surface area contributed by atoms with E-state index < -0.39 is 5.97 Å². The molecule has 0 radical (unpaired) electrons. The van der Waals surface area contributed by atoms with Crippen molar-refractivity contribution < 1.29 is 33.7 Å². The Morgan fingerprint density at radius 3 is 1.48 bits per heavy atom. The molecular formula is C22H40O7. The maximum absolute atomic E-state index is 11.6. The molecule has 0 aromatic heterocycles. The van der Waals surface area contributed by atoms with Gasteiger partial charge in [-0.3, -0.25) is 14.4 Å². The van der Waals surface area contributed by atoms with Gasteiger partial charge in [0.1, 0.15) is 13.2 Å². The lowest BCUT2D eigenvalue weighted by Gasteiger charge is -2.07. The molecule has 0 aromatic carbocycles. The van der Waals surface area contributed by atoms with Gasteiger partial charge in [-0.05, 0) is 19.3 Å². The molecule has 0 atom stereocenters. The fourth-order valence-corrected chi connectivity index (χ4v) is 2.80. The van der Waals surface area contributed by atoms with Crippen LogP contribution in [0.1, 0.15) is 96.8 Å². The van der Waals surface area contributed by atoms with Crippen LogP contribution in [0.25, 0.3) is 0 Å². The molecule has 0 aromatic rings. The minimum Gasteiger partial charge on any atom is -0.481 e. The van der Waals surface area contributed by atoms with Gasteiger partial charge in [0.05, 0.1) is 13.2 Å². The van der Waals surface area contributed by atoms with E-state index >= 15 is 0 Å². The summed E-state index contributed by atoms with van der Waals surface area (Å²) in [6.07, 6.45) is 12.6. The molecule has 1 N–H and O–H groups in total. The van der Waals surface area contributed by atoms with Crippen molar-refractivity contribution in [2.75, 3.05) is 26.4 Å². The summed E-state index contributed by atoms with van der Waals surface area (Å²) in [5.74, 6) is -1.41. The number of carboxylic acids is 1. The van der Waals surface area contributed by atoms with Crippen LogP contribution in [0.3, 0.4) is 0 Å². The summed E-state index contributed by atoms with van der Waals surface area (Å²) in [5, 5.41) is 8.50. The third-order valence-corrected chi connectivity index (χ3v) is 4.49. The van der Waals surface area contributed by atoms with Crippen LogP contribution in [0.2, 0.25) is 0 Å². The van der Waals surface area contributed by atoms with Gasteiger partial charge in [-0.2, -0.15) is 0 Å². The summed E-state index contributed by atoms with van der Waals surface area (Å²) in [6, 6.07) is 0. The largest absolute Gasteiger partial charge is 0.481 e. The molecule has 7 heteroatoms. The van der Waals surface area contributed by atoms with E-state index in [1.807, 2.05) is 0 Å². The van der Waals surface area contributed by atoms with Gasteiger partial charge in [0.25, 0.3) is 0 Å². The van der Waals surface area contributed by atoms with E-state index in [4.69, 9.17) is 19.3 Å². The van der Waals surface area contributed by atoms with E-state index in [0.29, 0.717) is 19.3 Å². The first-order chi connectivity index (χ1) is 14.1. The van der Waals surface area contributed by atoms with Crippen LogP contribution in [-0.4, -0.2) is 49.4 Å². The Balaban J connectivity index is 3.29. The highest BCUT2D eigenvalue weighted by Gasteiger charge is 2.05. The molecule has 0 unspecified atom stereocenters. The molecule has 0 aliphatic heterocycles. The monoisotopic (exact) mass is 416 g/mol. The molecule has 0 amide bonds. The van der Waals surface area contributed by atoms with Crippen LogP contribution in [0, 0.1) is 0 Å². The predicted octanol–water partition coefficient (Wildman–Crippen LogP) is 4.66. The lowest BCUT2D eigenvalue weighted by atomic mass is 10.1. The van der Waals surface area contributed by atoms with Crippen molar-refractivity contribution in [3.63, 3.8) is 0 Å². The van der Waals surface area contributed by atoms with Crippen molar-refractivity contribution in [3.8, 4) is 0 Å². The first-order valence-electron chi connectivity index (χ1n) is 11.2. The molecule has 29 heavy (non-hydrogen) atoms. The van der Waals surface area contributed by atoms with Crippen molar-refractivity contribution >= 4 is 17.9 Å². The predicted molar refractivity (Wildman–Crippen MR) is 111 cm³/mol. The Labute approximate surface area is 175 Å². The van der Waals surface area contributed by atoms with Crippen LogP contribution >= 0.6 is 0 Å². The molecule has 0 aliphatic rings. The number of esters is 2. The minimum absolute atomic E-state index is 0.0637. The number of rotatable bonds is 21. The van der Waals surface area contributed by atoms with Crippen molar-refractivity contribution in [2.24, 2.45) is 0 Å². The van der Waals surface area contributed by atoms with Crippen LogP contribution in [0.4, 0.5) is 0 Å². The first kappa shape index (κ1) is 27.4. The van der Waals surface area contributed by atoms with E-state index in [1.54, 1.807) is 0 Å². The summed E-state index contributed by atoms with van der Waals surface area (Å²) in [6.45, 7) is 3.10. The topological polar surface area (TPSA) is 99.1 Å². The van der Waals surface area contributed by atoms with Gasteiger partial charge < -0.3 is 19.3 Å². The van der Waals surface area contributed by atoms with Gasteiger partial charge in [-0.1, -0.05) is 58.3 Å². The smallest absolute Gasteiger partial charge is 0.305 e. The number of aliphatic carboxylic acids is 1. The summed E-state index contributed by atoms with van der Waals surface area (Å²) in [5.41, 5.74) is 0. The van der Waals surface area contributed by atoms with Crippen molar-refractivity contribution in [1.82, 2.24) is 0 Å². The van der Waals surface area contributed by atoms with Gasteiger partial charge >= 0.3 is 17.9 Å². The molecule has 0 spiro atoms. The van der Waals surface area contributed by atoms with Gasteiger partial charge in [0.2, 0.25) is 0 Å². The molecule has 0 rings (SSSR count). The minimum atomic E-state index is -0.861. The molecule has 170 valence electrons. The Kier molecular flexibility index (Phi) is 19.9. The molecule has 0 bridgehead atoms. The van der Waals surface area contributed by atoms with E-state index in [2.05, 4.69) is 6.92 Å². The molecule has 7 nitrogen and oxygen atoms in total. The maximum atomic E-state index is 11.6. The average Bonchev–Trinajstić information content (AvgIpc) is 2.69. The van der Waals surface area contributed by atoms with E-state index in [0.717, 1.165) is 12.8 Å². The van der Waals surface area contributed by atoms with Gasteiger partial charge in [0, 0.05) is 19.3 Å². The first-order valence-corrected chi connectivity index (χ1v) is 11.2. The highest BCUT2D eigenvalue weighted by Crippen LogP contribution is 2.10. The highest BCUT2D eigenvalue weighted by atomic mass is 16.6. The molecule has 0 heterocycles. The van der Waals surface area contributed by atoms with E-state index in [1.165, 1.54) is 44.9 Å². The summed E-state index contributed by atoms with van der Waals surface area (Å²) in [7, 11) is 0. The molecule has 0 saturated heterocycles. The number of carbonyl (C=O) groups is 3. The van der Waals surface area contributed by atoms with Gasteiger partial charge in [-0.15, -0.1) is 0 Å². The quantitative estimate of drug-likeness (QED) is 0.215. The highest BCUT2D eigenvalue weighted by molar-refractivity contribution is 5.70. The van der Waals surface area contributed by atoms with Crippen molar-refractivity contribution in [3.05, 3.63) is 0 Å². The number of carboxylic acid groups (broad SMARTS) is 1. The number of carbonyl (C=O) groups excluding carboxylic acids is 2. The third kappa shape index (κ3) is 22.5. The molecule has 0 fully saturated rings. The number of hydrogen-bond donors (Lipinski definition) is 1. The lowest BCUT2D eigenvalue weighted by molar-refractivity contribution is -0.147. The standard InChI is InChI=1S/C22H40O7/c1-2-3-4-5-6-7-8-9-10-14-21(25)28-18-16-27-17-19-29-22(26)15-12-11-13-20(23)24/h2-19H2,1H3,(H,23,24). The maximum Gasteiger partial charge on any atom is 0.305 e. The normalized spacial score (nSPS) is 10.7. The zero-order valence-electron chi connectivity index (χ0n) is 18.1. The van der Waals surface area contributed by atoms with Crippen LogP contribution in [0.5, 0.6) is 0 Å². The van der Waals surface area contributed by atoms with Crippen molar-refractivity contribution in [1.29, 1.82) is 0 Å². The van der Waals surface area contributed by atoms with Crippen LogP contribution in [-0.2, 0) is 28.6 Å². The number of unbranched alkanes of at least 4 members (excludes halogenated alkanes) is 9. The van der Waals surface area contributed by atoms with Crippen LogP contribution in [0.15, 0.2) is 0 Å². The Morgan fingerprint density at radius 1 is 0.586 bits per heavy atom. The summed E-state index contributed by atoms with van der Waals surface area (Å²) >= 11 is 0. The molecule has 0 saturated carbocycles. The van der Waals surface area contributed by atoms with Gasteiger partial charge in [-0.25, -0.2) is 0 Å². The number of hydrogen-bond acceptors (Lipinski definition) is 6. The zero-order valence-corrected chi connectivity index (χ0v) is 18.1. The molecule has 0 aliphatic carbocycles. The van der Waals surface area contributed by atoms with Gasteiger partial charge in [0.15, 0.2) is 0 Å². The molecular weight excluding hydrogens is 376 g/mol. The lowest BCUT2D eigenvalue weighted by Crippen LogP contribution is -2.14.